The predicted octanol–water partition coefficient (Wildman–Crippen LogP) is 2.29. The van der Waals surface area contributed by atoms with Crippen LogP contribution in [-0.2, 0) is 11.3 Å². The summed E-state index contributed by atoms with van der Waals surface area (Å²) >= 11 is 8.12. The lowest BCUT2D eigenvalue weighted by Gasteiger charge is -2.20. The summed E-state index contributed by atoms with van der Waals surface area (Å²) in [5, 5.41) is 1.05. The molecule has 1 aromatic heterocycles. The number of rotatable bonds is 4. The lowest BCUT2D eigenvalue weighted by Crippen LogP contribution is -2.35. The Bertz CT molecular complexity index is 895. The summed E-state index contributed by atoms with van der Waals surface area (Å²) in [7, 11) is 0. The highest BCUT2D eigenvalue weighted by Crippen LogP contribution is 2.37. The van der Waals surface area contributed by atoms with Crippen LogP contribution >= 0.6 is 23.4 Å². The van der Waals surface area contributed by atoms with E-state index in [1.807, 2.05) is 40.9 Å². The van der Waals surface area contributed by atoms with Crippen molar-refractivity contribution in [3.05, 3.63) is 68.0 Å². The molecule has 2 heterocycles. The molecule has 1 atom stereocenters. The topological polar surface area (TPSA) is 75.2 Å². The number of halogens is 1. The van der Waals surface area contributed by atoms with Crippen LogP contribution in [0.3, 0.4) is 0 Å². The summed E-state index contributed by atoms with van der Waals surface area (Å²) in [4.78, 5) is 39.3. The highest BCUT2D eigenvalue weighted by molar-refractivity contribution is 7.99. The number of benzene rings is 1. The van der Waals surface area contributed by atoms with Gasteiger partial charge in [0.15, 0.2) is 0 Å². The maximum Gasteiger partial charge on any atom is 0.328 e. The van der Waals surface area contributed by atoms with Crippen LogP contribution < -0.4 is 11.2 Å². The van der Waals surface area contributed by atoms with Crippen LogP contribution in [-0.4, -0.2) is 39.2 Å². The van der Waals surface area contributed by atoms with Crippen molar-refractivity contribution in [1.82, 2.24) is 14.5 Å². The summed E-state index contributed by atoms with van der Waals surface area (Å²) in [6, 6.07) is 9.12. The summed E-state index contributed by atoms with van der Waals surface area (Å²) in [6.07, 6.45) is 2.49. The Labute approximate surface area is 160 Å². The number of hydrogen-bond donors (Lipinski definition) is 1. The molecule has 3 rings (SSSR count). The number of thioether (sulfide) groups is 1. The Kier molecular flexibility index (Phi) is 6.21. The average Bonchev–Trinajstić information content (AvgIpc) is 2.87. The molecular formula is C18H20ClN3O3S. The molecule has 1 aliphatic heterocycles. The maximum absolute atomic E-state index is 12.5. The highest BCUT2D eigenvalue weighted by atomic mass is 35.5. The largest absolute Gasteiger partial charge is 0.342 e. The molecule has 0 bridgehead atoms. The Balaban J connectivity index is 1.58. The molecule has 1 fully saturated rings. The van der Waals surface area contributed by atoms with Crippen molar-refractivity contribution in [2.45, 2.75) is 24.6 Å². The van der Waals surface area contributed by atoms with Gasteiger partial charge in [0.25, 0.3) is 5.56 Å². The lowest BCUT2D eigenvalue weighted by atomic mass is 10.1. The van der Waals surface area contributed by atoms with Gasteiger partial charge in [-0.2, -0.15) is 11.8 Å². The van der Waals surface area contributed by atoms with Crippen LogP contribution in [0.5, 0.6) is 0 Å². The first-order chi connectivity index (χ1) is 12.5. The number of amides is 1. The summed E-state index contributed by atoms with van der Waals surface area (Å²) in [5.41, 5.74) is 0.191. The maximum atomic E-state index is 12.5. The first-order valence-electron chi connectivity index (χ1n) is 8.48. The van der Waals surface area contributed by atoms with Crippen LogP contribution in [0.15, 0.2) is 46.1 Å². The zero-order valence-corrected chi connectivity index (χ0v) is 15.8. The molecular weight excluding hydrogens is 374 g/mol. The minimum absolute atomic E-state index is 0.0171. The molecule has 0 spiro atoms. The van der Waals surface area contributed by atoms with Crippen molar-refractivity contribution >= 4 is 29.3 Å². The van der Waals surface area contributed by atoms with Gasteiger partial charge in [0.1, 0.15) is 0 Å². The first kappa shape index (κ1) is 18.8. The van der Waals surface area contributed by atoms with Gasteiger partial charge in [-0.25, -0.2) is 4.79 Å². The molecule has 1 saturated heterocycles. The lowest BCUT2D eigenvalue weighted by molar-refractivity contribution is -0.131. The standard InChI is InChI=1S/C18H20ClN3O3S/c19-14-4-2-1-3-13(14)15-5-8-21(11-12-26-15)17(24)7-10-22-9-6-16(23)20-18(22)25/h1-4,6,9,15H,5,7-8,10-12H2,(H,20,23,25)/t15-/m0/s1. The fourth-order valence-electron chi connectivity index (χ4n) is 3.00. The van der Waals surface area contributed by atoms with Gasteiger partial charge in [-0.1, -0.05) is 29.8 Å². The van der Waals surface area contributed by atoms with Crippen molar-refractivity contribution < 1.29 is 4.79 Å². The molecule has 1 aromatic carbocycles. The van der Waals surface area contributed by atoms with E-state index in [0.717, 1.165) is 22.8 Å². The van der Waals surface area contributed by atoms with Gasteiger partial charge in [0, 0.05) is 54.3 Å². The molecule has 6 nitrogen and oxygen atoms in total. The third-order valence-corrected chi connectivity index (χ3v) is 6.06. The Morgan fingerprint density at radius 2 is 2.04 bits per heavy atom. The molecule has 0 aliphatic carbocycles. The van der Waals surface area contributed by atoms with Gasteiger partial charge in [-0.15, -0.1) is 0 Å². The van der Waals surface area contributed by atoms with E-state index in [1.165, 1.54) is 16.8 Å². The second-order valence-corrected chi connectivity index (χ2v) is 7.82. The monoisotopic (exact) mass is 393 g/mol. The molecule has 1 aliphatic rings. The minimum Gasteiger partial charge on any atom is -0.342 e. The molecule has 2 aromatic rings. The highest BCUT2D eigenvalue weighted by Gasteiger charge is 2.23. The van der Waals surface area contributed by atoms with Crippen molar-refractivity contribution in [3.63, 3.8) is 0 Å². The van der Waals surface area contributed by atoms with Gasteiger partial charge in [-0.05, 0) is 18.1 Å². The zero-order valence-electron chi connectivity index (χ0n) is 14.2. The van der Waals surface area contributed by atoms with E-state index in [9.17, 15) is 14.4 Å². The molecule has 138 valence electrons. The van der Waals surface area contributed by atoms with Gasteiger partial charge in [0.05, 0.1) is 0 Å². The van der Waals surface area contributed by atoms with Gasteiger partial charge >= 0.3 is 5.69 Å². The summed E-state index contributed by atoms with van der Waals surface area (Å²) < 4.78 is 1.35. The Morgan fingerprint density at radius 1 is 1.23 bits per heavy atom. The number of nitrogens with zero attached hydrogens (tertiary/aromatic N) is 2. The molecule has 0 radical (unpaired) electrons. The van der Waals surface area contributed by atoms with Crippen molar-refractivity contribution in [2.24, 2.45) is 0 Å². The third kappa shape index (κ3) is 4.59. The van der Waals surface area contributed by atoms with E-state index in [1.54, 1.807) is 0 Å². The predicted molar refractivity (Wildman–Crippen MR) is 104 cm³/mol. The van der Waals surface area contributed by atoms with Crippen LogP contribution in [0.2, 0.25) is 5.02 Å². The fourth-order valence-corrected chi connectivity index (χ4v) is 4.60. The van der Waals surface area contributed by atoms with Crippen LogP contribution in [0.4, 0.5) is 0 Å². The number of aromatic nitrogens is 2. The van der Waals surface area contributed by atoms with Gasteiger partial charge < -0.3 is 9.47 Å². The van der Waals surface area contributed by atoms with Crippen LogP contribution in [0.25, 0.3) is 0 Å². The SMILES string of the molecule is O=C(CCn1ccc(=O)[nH]c1=O)N1CCS[C@H](c2ccccc2Cl)CC1. The minimum atomic E-state index is -0.490. The number of carbonyl (C=O) groups is 1. The second-order valence-electron chi connectivity index (χ2n) is 6.10. The molecule has 26 heavy (non-hydrogen) atoms. The first-order valence-corrected chi connectivity index (χ1v) is 9.91. The molecule has 1 amide bonds. The number of hydrogen-bond acceptors (Lipinski definition) is 4. The van der Waals surface area contributed by atoms with E-state index in [-0.39, 0.29) is 24.1 Å². The summed E-state index contributed by atoms with van der Waals surface area (Å²) in [6.45, 7) is 1.61. The third-order valence-electron chi connectivity index (χ3n) is 4.41. The second kappa shape index (κ2) is 8.60. The average molecular weight is 394 g/mol. The van der Waals surface area contributed by atoms with Crippen LogP contribution in [0, 0.1) is 0 Å². The molecule has 0 saturated carbocycles. The Morgan fingerprint density at radius 3 is 2.81 bits per heavy atom. The number of nitrogens with one attached hydrogen (secondary N) is 1. The van der Waals surface area contributed by atoms with E-state index in [2.05, 4.69) is 4.98 Å². The van der Waals surface area contributed by atoms with E-state index >= 15 is 0 Å². The van der Waals surface area contributed by atoms with Crippen molar-refractivity contribution in [1.29, 1.82) is 0 Å². The smallest absolute Gasteiger partial charge is 0.328 e. The molecule has 8 heteroatoms. The van der Waals surface area contributed by atoms with Crippen molar-refractivity contribution in [3.8, 4) is 0 Å². The van der Waals surface area contributed by atoms with E-state index in [4.69, 9.17) is 11.6 Å². The van der Waals surface area contributed by atoms with E-state index < -0.39 is 11.2 Å². The fraction of sp³-hybridized carbons (Fsp3) is 0.389. The Hall–Kier alpha value is -1.99. The van der Waals surface area contributed by atoms with Gasteiger partial charge in [-0.3, -0.25) is 14.6 Å². The van der Waals surface area contributed by atoms with E-state index in [0.29, 0.717) is 13.1 Å². The molecule has 0 unspecified atom stereocenters. The van der Waals surface area contributed by atoms with Crippen LogP contribution in [0.1, 0.15) is 23.7 Å². The molecule has 1 N–H and O–H groups in total. The quantitative estimate of drug-likeness (QED) is 0.864. The van der Waals surface area contributed by atoms with Gasteiger partial charge in [0.2, 0.25) is 5.91 Å². The normalized spacial score (nSPS) is 17.7. The number of aromatic amines is 1. The zero-order chi connectivity index (χ0) is 18.5. The summed E-state index contributed by atoms with van der Waals surface area (Å²) in [5.74, 6) is 0.865. The van der Waals surface area contributed by atoms with Crippen molar-refractivity contribution in [2.75, 3.05) is 18.8 Å². The number of aryl methyl sites for hydroxylation is 1. The number of carbonyl (C=O) groups excluding carboxylic acids is 1. The number of H-pyrrole nitrogens is 1.